The molecular weight excluding hydrogens is 182 g/mol. The van der Waals surface area contributed by atoms with Crippen LogP contribution in [0.25, 0.3) is 0 Å². The van der Waals surface area contributed by atoms with E-state index in [1.807, 2.05) is 7.05 Å². The molecule has 80 valence electrons. The van der Waals surface area contributed by atoms with Gasteiger partial charge < -0.3 is 5.32 Å². The Labute approximate surface area is 92.9 Å². The molecule has 1 aromatic carbocycles. The van der Waals surface area contributed by atoms with E-state index >= 15 is 0 Å². The summed E-state index contributed by atoms with van der Waals surface area (Å²) in [5.41, 5.74) is 2.70. The van der Waals surface area contributed by atoms with Crippen LogP contribution in [0.15, 0.2) is 24.3 Å². The lowest BCUT2D eigenvalue weighted by Gasteiger charge is -2.12. The molecule has 1 heteroatoms. The maximum absolute atomic E-state index is 5.30. The van der Waals surface area contributed by atoms with E-state index in [9.17, 15) is 0 Å². The molecule has 0 aliphatic rings. The van der Waals surface area contributed by atoms with Gasteiger partial charge in [-0.05, 0) is 32.4 Å². The largest absolute Gasteiger partial charge is 0.316 e. The number of nitrogens with one attached hydrogen (secondary N) is 1. The van der Waals surface area contributed by atoms with Crippen LogP contribution in [-0.4, -0.2) is 13.1 Å². The molecule has 1 unspecified atom stereocenters. The van der Waals surface area contributed by atoms with Crippen molar-refractivity contribution in [2.24, 2.45) is 0 Å². The van der Waals surface area contributed by atoms with Gasteiger partial charge in [0.15, 0.2) is 0 Å². The Morgan fingerprint density at radius 3 is 2.53 bits per heavy atom. The van der Waals surface area contributed by atoms with Crippen molar-refractivity contribution in [3.05, 3.63) is 35.4 Å². The fourth-order valence-electron chi connectivity index (χ4n) is 1.59. The van der Waals surface area contributed by atoms with Crippen molar-refractivity contribution in [1.29, 1.82) is 0 Å². The van der Waals surface area contributed by atoms with Crippen molar-refractivity contribution < 1.29 is 0 Å². The van der Waals surface area contributed by atoms with Gasteiger partial charge >= 0.3 is 0 Å². The van der Waals surface area contributed by atoms with Crippen LogP contribution in [0.1, 0.15) is 24.0 Å². The number of rotatable bonds is 5. The third-order valence-electron chi connectivity index (χ3n) is 2.67. The van der Waals surface area contributed by atoms with Gasteiger partial charge in [-0.15, -0.1) is 12.3 Å². The Morgan fingerprint density at radius 1 is 1.33 bits per heavy atom. The highest BCUT2D eigenvalue weighted by Crippen LogP contribution is 2.08. The maximum Gasteiger partial charge on any atom is 0.0240 e. The highest BCUT2D eigenvalue weighted by Gasteiger charge is 2.03. The number of hydrogen-bond donors (Lipinski definition) is 1. The van der Waals surface area contributed by atoms with Gasteiger partial charge in [-0.1, -0.05) is 29.8 Å². The summed E-state index contributed by atoms with van der Waals surface area (Å²) >= 11 is 0. The second-order valence-electron chi connectivity index (χ2n) is 3.92. The van der Waals surface area contributed by atoms with E-state index in [1.54, 1.807) is 0 Å². The molecule has 0 spiro atoms. The minimum Gasteiger partial charge on any atom is -0.316 e. The first-order chi connectivity index (χ1) is 7.26. The van der Waals surface area contributed by atoms with Crippen LogP contribution >= 0.6 is 0 Å². The van der Waals surface area contributed by atoms with Gasteiger partial charge in [-0.2, -0.15) is 0 Å². The predicted molar refractivity (Wildman–Crippen MR) is 65.8 cm³/mol. The zero-order valence-corrected chi connectivity index (χ0v) is 9.59. The van der Waals surface area contributed by atoms with Crippen molar-refractivity contribution in [3.63, 3.8) is 0 Å². The Balaban J connectivity index is 2.42. The number of hydrogen-bond acceptors (Lipinski definition) is 1. The van der Waals surface area contributed by atoms with Crippen molar-refractivity contribution in [2.45, 2.75) is 32.2 Å². The van der Waals surface area contributed by atoms with Crippen molar-refractivity contribution >= 4 is 0 Å². The topological polar surface area (TPSA) is 12.0 Å². The van der Waals surface area contributed by atoms with Crippen LogP contribution in [0.3, 0.4) is 0 Å². The van der Waals surface area contributed by atoms with Crippen LogP contribution in [-0.2, 0) is 6.42 Å². The molecule has 0 saturated heterocycles. The Morgan fingerprint density at radius 2 is 2.00 bits per heavy atom. The summed E-state index contributed by atoms with van der Waals surface area (Å²) in [6.07, 6.45) is 8.30. The molecule has 0 aliphatic heterocycles. The molecule has 0 aliphatic carbocycles. The Hall–Kier alpha value is -1.26. The third kappa shape index (κ3) is 4.18. The summed E-state index contributed by atoms with van der Waals surface area (Å²) in [5, 5.41) is 3.24. The molecule has 0 saturated carbocycles. The molecule has 1 N–H and O–H groups in total. The monoisotopic (exact) mass is 201 g/mol. The molecule has 15 heavy (non-hydrogen) atoms. The minimum absolute atomic E-state index is 0.441. The first kappa shape index (κ1) is 11.8. The summed E-state index contributed by atoms with van der Waals surface area (Å²) in [6, 6.07) is 9.14. The van der Waals surface area contributed by atoms with Gasteiger partial charge in [0.25, 0.3) is 0 Å². The van der Waals surface area contributed by atoms with E-state index in [0.717, 1.165) is 19.3 Å². The molecule has 0 heterocycles. The van der Waals surface area contributed by atoms with Gasteiger partial charge in [0.05, 0.1) is 0 Å². The number of terminal acetylenes is 1. The van der Waals surface area contributed by atoms with Crippen LogP contribution in [0.4, 0.5) is 0 Å². The summed E-state index contributed by atoms with van der Waals surface area (Å²) in [4.78, 5) is 0. The molecule has 0 aromatic heterocycles. The summed E-state index contributed by atoms with van der Waals surface area (Å²) in [5.74, 6) is 2.70. The molecule has 1 atom stereocenters. The highest BCUT2D eigenvalue weighted by atomic mass is 14.9. The normalized spacial score (nSPS) is 12.1. The lowest BCUT2D eigenvalue weighted by molar-refractivity contribution is 0.534. The summed E-state index contributed by atoms with van der Waals surface area (Å²) in [7, 11) is 1.97. The Bertz CT molecular complexity index is 318. The summed E-state index contributed by atoms with van der Waals surface area (Å²) < 4.78 is 0. The number of aryl methyl sites for hydroxylation is 2. The molecule has 0 fully saturated rings. The van der Waals surface area contributed by atoms with E-state index in [1.165, 1.54) is 11.1 Å². The molecule has 0 bridgehead atoms. The zero-order valence-electron chi connectivity index (χ0n) is 9.59. The second kappa shape index (κ2) is 6.27. The molecule has 1 nitrogen and oxygen atoms in total. The fraction of sp³-hybridized carbons (Fsp3) is 0.429. The molecule has 0 radical (unpaired) electrons. The van der Waals surface area contributed by atoms with Gasteiger partial charge in [0.1, 0.15) is 0 Å². The van der Waals surface area contributed by atoms with Gasteiger partial charge in [-0.3, -0.25) is 0 Å². The first-order valence-corrected chi connectivity index (χ1v) is 5.42. The van der Waals surface area contributed by atoms with Crippen LogP contribution in [0.5, 0.6) is 0 Å². The van der Waals surface area contributed by atoms with Gasteiger partial charge in [-0.25, -0.2) is 0 Å². The lowest BCUT2D eigenvalue weighted by atomic mass is 10.0. The van der Waals surface area contributed by atoms with E-state index < -0.39 is 0 Å². The first-order valence-electron chi connectivity index (χ1n) is 5.42. The second-order valence-corrected chi connectivity index (χ2v) is 3.92. The van der Waals surface area contributed by atoms with E-state index in [0.29, 0.717) is 6.04 Å². The van der Waals surface area contributed by atoms with E-state index in [-0.39, 0.29) is 0 Å². The molecule has 0 amide bonds. The Kier molecular flexibility index (Phi) is 4.93. The minimum atomic E-state index is 0.441. The van der Waals surface area contributed by atoms with Crippen molar-refractivity contribution in [3.8, 4) is 12.3 Å². The standard InChI is InChI=1S/C14H19N/c1-4-5-14(15-3)11-10-13-8-6-12(2)7-9-13/h1,6-9,14-15H,5,10-11H2,2-3H3. The lowest BCUT2D eigenvalue weighted by Crippen LogP contribution is -2.25. The van der Waals surface area contributed by atoms with Crippen molar-refractivity contribution in [2.75, 3.05) is 7.05 Å². The number of benzene rings is 1. The average molecular weight is 201 g/mol. The maximum atomic E-state index is 5.30. The molecule has 1 aromatic rings. The average Bonchev–Trinajstić information content (AvgIpc) is 2.26. The van der Waals surface area contributed by atoms with Gasteiger partial charge in [0, 0.05) is 12.5 Å². The quantitative estimate of drug-likeness (QED) is 0.722. The van der Waals surface area contributed by atoms with Crippen LogP contribution < -0.4 is 5.32 Å². The van der Waals surface area contributed by atoms with Crippen LogP contribution in [0.2, 0.25) is 0 Å². The predicted octanol–water partition coefficient (Wildman–Crippen LogP) is 2.54. The highest BCUT2D eigenvalue weighted by molar-refractivity contribution is 5.21. The molecule has 1 rings (SSSR count). The third-order valence-corrected chi connectivity index (χ3v) is 2.67. The van der Waals surface area contributed by atoms with Crippen LogP contribution in [0, 0.1) is 19.3 Å². The van der Waals surface area contributed by atoms with E-state index in [2.05, 4.69) is 42.4 Å². The smallest absolute Gasteiger partial charge is 0.0240 e. The van der Waals surface area contributed by atoms with E-state index in [4.69, 9.17) is 6.42 Å². The zero-order chi connectivity index (χ0) is 11.1. The molecular formula is C14H19N. The van der Waals surface area contributed by atoms with Crippen molar-refractivity contribution in [1.82, 2.24) is 5.32 Å². The summed E-state index contributed by atoms with van der Waals surface area (Å²) in [6.45, 7) is 2.11. The van der Waals surface area contributed by atoms with Gasteiger partial charge in [0.2, 0.25) is 0 Å². The SMILES string of the molecule is C#CCC(CCc1ccc(C)cc1)NC. The fourth-order valence-corrected chi connectivity index (χ4v) is 1.59.